The van der Waals surface area contributed by atoms with Crippen molar-refractivity contribution < 1.29 is 20.1 Å². The van der Waals surface area contributed by atoms with Gasteiger partial charge in [0.25, 0.3) is 5.56 Å². The van der Waals surface area contributed by atoms with Crippen LogP contribution in [0.5, 0.6) is 0 Å². The summed E-state index contributed by atoms with van der Waals surface area (Å²) in [5, 5.41) is 29.6. The van der Waals surface area contributed by atoms with E-state index in [1.54, 1.807) is 22.6 Å². The SMILES string of the molecule is O=c1ccn([C@@H]2O[C@H](CO)[C@@H](O)[C@]2(O)C#CI)c(=O)[nH]1. The zero-order valence-electron chi connectivity index (χ0n) is 9.99. The topological polar surface area (TPSA) is 125 Å². The summed E-state index contributed by atoms with van der Waals surface area (Å²) < 4.78 is 8.60. The first-order chi connectivity index (χ1) is 9.43. The summed E-state index contributed by atoms with van der Waals surface area (Å²) in [5.74, 6) is 2.38. The molecule has 1 aliphatic heterocycles. The van der Waals surface area contributed by atoms with Gasteiger partial charge in [-0.1, -0.05) is 0 Å². The van der Waals surface area contributed by atoms with Gasteiger partial charge >= 0.3 is 5.69 Å². The van der Waals surface area contributed by atoms with Gasteiger partial charge in [0.2, 0.25) is 0 Å². The molecule has 0 radical (unpaired) electrons. The highest BCUT2D eigenvalue weighted by molar-refractivity contribution is 14.1. The molecule has 1 aliphatic rings. The number of nitrogens with one attached hydrogen (secondary N) is 1. The summed E-state index contributed by atoms with van der Waals surface area (Å²) in [6.45, 7) is -0.555. The number of ether oxygens (including phenoxy) is 1. The van der Waals surface area contributed by atoms with Gasteiger partial charge in [0, 0.05) is 34.9 Å². The van der Waals surface area contributed by atoms with Gasteiger partial charge in [-0.15, -0.1) is 0 Å². The second kappa shape index (κ2) is 5.66. The van der Waals surface area contributed by atoms with Crippen LogP contribution in [0.15, 0.2) is 21.9 Å². The van der Waals surface area contributed by atoms with E-state index in [9.17, 15) is 19.8 Å². The zero-order chi connectivity index (χ0) is 14.9. The highest BCUT2D eigenvalue weighted by atomic mass is 127. The zero-order valence-corrected chi connectivity index (χ0v) is 12.1. The smallest absolute Gasteiger partial charge is 0.330 e. The molecule has 20 heavy (non-hydrogen) atoms. The van der Waals surface area contributed by atoms with Gasteiger partial charge in [-0.3, -0.25) is 14.3 Å². The van der Waals surface area contributed by atoms with Gasteiger partial charge in [-0.25, -0.2) is 4.79 Å². The first-order valence-electron chi connectivity index (χ1n) is 5.55. The third-order valence-corrected chi connectivity index (χ3v) is 3.28. The Morgan fingerprint density at radius 3 is 2.80 bits per heavy atom. The Hall–Kier alpha value is -1.19. The highest BCUT2D eigenvalue weighted by Gasteiger charge is 2.55. The Balaban J connectivity index is 2.55. The quantitative estimate of drug-likeness (QED) is 0.337. The molecule has 4 N–H and O–H groups in total. The number of H-pyrrole nitrogens is 1. The fraction of sp³-hybridized carbons (Fsp3) is 0.455. The monoisotopic (exact) mass is 394 g/mol. The molecule has 1 saturated heterocycles. The van der Waals surface area contributed by atoms with Crippen molar-refractivity contribution in [2.24, 2.45) is 0 Å². The molecule has 0 aliphatic carbocycles. The summed E-state index contributed by atoms with van der Waals surface area (Å²) >= 11 is 1.66. The molecule has 0 aromatic carbocycles. The van der Waals surface area contributed by atoms with Crippen molar-refractivity contribution in [3.8, 4) is 9.85 Å². The fourth-order valence-corrected chi connectivity index (χ4v) is 2.45. The van der Waals surface area contributed by atoms with Gasteiger partial charge < -0.3 is 20.1 Å². The lowest BCUT2D eigenvalue weighted by atomic mass is 9.95. The predicted molar refractivity (Wildman–Crippen MR) is 75.1 cm³/mol. The first-order valence-corrected chi connectivity index (χ1v) is 6.63. The van der Waals surface area contributed by atoms with Crippen LogP contribution in [0.2, 0.25) is 0 Å². The Morgan fingerprint density at radius 2 is 2.25 bits per heavy atom. The molecule has 108 valence electrons. The fourth-order valence-electron chi connectivity index (χ4n) is 2.02. The van der Waals surface area contributed by atoms with E-state index in [1.807, 2.05) is 4.98 Å². The minimum absolute atomic E-state index is 0.555. The van der Waals surface area contributed by atoms with Crippen LogP contribution in [-0.2, 0) is 4.74 Å². The Labute approximate surface area is 126 Å². The van der Waals surface area contributed by atoms with Crippen LogP contribution in [0, 0.1) is 9.85 Å². The van der Waals surface area contributed by atoms with E-state index in [0.29, 0.717) is 0 Å². The van der Waals surface area contributed by atoms with Crippen LogP contribution in [-0.4, -0.2) is 49.3 Å². The second-order valence-corrected chi connectivity index (χ2v) is 4.76. The van der Waals surface area contributed by atoms with Crippen molar-refractivity contribution in [2.75, 3.05) is 6.61 Å². The number of halogens is 1. The van der Waals surface area contributed by atoms with Crippen LogP contribution in [0.4, 0.5) is 0 Å². The number of aliphatic hydroxyl groups is 3. The number of aliphatic hydroxyl groups excluding tert-OH is 2. The molecule has 1 fully saturated rings. The molecular weight excluding hydrogens is 383 g/mol. The maximum atomic E-state index is 11.7. The van der Waals surface area contributed by atoms with Gasteiger partial charge in [0.15, 0.2) is 11.8 Å². The molecule has 0 saturated carbocycles. The first kappa shape index (κ1) is 15.2. The number of hydrogen-bond donors (Lipinski definition) is 4. The van der Waals surface area contributed by atoms with Gasteiger partial charge in [0.1, 0.15) is 12.2 Å². The van der Waals surface area contributed by atoms with Crippen LogP contribution < -0.4 is 11.2 Å². The van der Waals surface area contributed by atoms with Crippen LogP contribution >= 0.6 is 22.6 Å². The molecule has 1 aromatic rings. The normalized spacial score (nSPS) is 32.7. The van der Waals surface area contributed by atoms with Crippen LogP contribution in [0.25, 0.3) is 0 Å². The average molecular weight is 394 g/mol. The Kier molecular flexibility index (Phi) is 4.31. The molecule has 4 atom stereocenters. The summed E-state index contributed by atoms with van der Waals surface area (Å²) in [7, 11) is 0. The lowest BCUT2D eigenvalue weighted by Gasteiger charge is -2.26. The summed E-state index contributed by atoms with van der Waals surface area (Å²) in [4.78, 5) is 24.8. The molecule has 0 bridgehead atoms. The van der Waals surface area contributed by atoms with Crippen LogP contribution in [0.3, 0.4) is 0 Å². The molecule has 9 heteroatoms. The summed E-state index contributed by atoms with van der Waals surface area (Å²) in [5.41, 5.74) is -3.49. The molecule has 8 nitrogen and oxygen atoms in total. The molecule has 2 rings (SSSR count). The maximum absolute atomic E-state index is 11.7. The van der Waals surface area contributed by atoms with Crippen LogP contribution in [0.1, 0.15) is 6.23 Å². The van der Waals surface area contributed by atoms with E-state index in [1.165, 1.54) is 0 Å². The standard InChI is InChI=1S/C11H11IN2O6/c12-3-2-11(19)8(17)6(5-15)20-9(11)14-4-1-7(16)13-10(14)18/h1,4,6,8-9,15,17,19H,5H2,(H,13,16,18)/t6-,8-,9-,11-/m1/s1. The van der Waals surface area contributed by atoms with Crippen molar-refractivity contribution in [1.29, 1.82) is 0 Å². The third-order valence-electron chi connectivity index (χ3n) is 3.01. The van der Waals surface area contributed by atoms with E-state index >= 15 is 0 Å². The van der Waals surface area contributed by atoms with Crippen molar-refractivity contribution in [1.82, 2.24) is 9.55 Å². The summed E-state index contributed by atoms with van der Waals surface area (Å²) in [6.07, 6.45) is -2.82. The molecule has 0 unspecified atom stereocenters. The molecule has 2 heterocycles. The van der Waals surface area contributed by atoms with Gasteiger partial charge in [-0.2, -0.15) is 0 Å². The van der Waals surface area contributed by atoms with E-state index < -0.39 is 41.9 Å². The largest absolute Gasteiger partial charge is 0.394 e. The highest BCUT2D eigenvalue weighted by Crippen LogP contribution is 2.37. The lowest BCUT2D eigenvalue weighted by Crippen LogP contribution is -2.48. The van der Waals surface area contributed by atoms with E-state index in [-0.39, 0.29) is 0 Å². The van der Waals surface area contributed by atoms with Crippen molar-refractivity contribution in [2.45, 2.75) is 24.0 Å². The minimum Gasteiger partial charge on any atom is -0.394 e. The molecule has 0 amide bonds. The minimum atomic E-state index is -2.07. The number of aromatic nitrogens is 2. The molecular formula is C11H11IN2O6. The number of rotatable bonds is 2. The Bertz CT molecular complexity index is 674. The van der Waals surface area contributed by atoms with E-state index in [4.69, 9.17) is 9.84 Å². The third kappa shape index (κ3) is 2.40. The Morgan fingerprint density at radius 1 is 1.55 bits per heavy atom. The lowest BCUT2D eigenvalue weighted by molar-refractivity contribution is -0.0764. The number of hydrogen-bond acceptors (Lipinski definition) is 6. The summed E-state index contributed by atoms with van der Waals surface area (Å²) in [6, 6.07) is 1.07. The molecule has 0 spiro atoms. The van der Waals surface area contributed by atoms with E-state index in [0.717, 1.165) is 16.8 Å². The number of aromatic amines is 1. The molecule has 1 aromatic heterocycles. The van der Waals surface area contributed by atoms with Crippen molar-refractivity contribution in [3.63, 3.8) is 0 Å². The van der Waals surface area contributed by atoms with Gasteiger partial charge in [-0.05, 0) is 9.85 Å². The second-order valence-electron chi connectivity index (χ2n) is 4.22. The van der Waals surface area contributed by atoms with E-state index in [2.05, 4.69) is 9.85 Å². The van der Waals surface area contributed by atoms with Crippen molar-refractivity contribution >= 4 is 22.6 Å². The number of nitrogens with zero attached hydrogens (tertiary/aromatic N) is 1. The predicted octanol–water partition coefficient (Wildman–Crippen LogP) is -2.09. The van der Waals surface area contributed by atoms with Crippen molar-refractivity contribution in [3.05, 3.63) is 33.1 Å². The maximum Gasteiger partial charge on any atom is 0.330 e. The van der Waals surface area contributed by atoms with Gasteiger partial charge in [0.05, 0.1) is 6.61 Å². The average Bonchev–Trinajstić information content (AvgIpc) is 2.63.